The van der Waals surface area contributed by atoms with Gasteiger partial charge in [0, 0.05) is 22.9 Å². The van der Waals surface area contributed by atoms with Crippen LogP contribution in [0, 0.1) is 5.92 Å². The Kier molecular flexibility index (Phi) is 12.1. The molecule has 1 unspecified atom stereocenters. The van der Waals surface area contributed by atoms with E-state index in [-0.39, 0.29) is 24.9 Å². The van der Waals surface area contributed by atoms with Crippen LogP contribution in [0.25, 0.3) is 10.9 Å². The molecule has 3 aromatic carbocycles. The molecule has 47 heavy (non-hydrogen) atoms. The van der Waals surface area contributed by atoms with Gasteiger partial charge in [0.15, 0.2) is 0 Å². The lowest BCUT2D eigenvalue weighted by Gasteiger charge is -2.29. The lowest BCUT2D eigenvalue weighted by molar-refractivity contribution is -0.125. The zero-order valence-corrected chi connectivity index (χ0v) is 27.8. The minimum atomic E-state index is -1.04. The highest BCUT2D eigenvalue weighted by Crippen LogP contribution is 2.18. The normalized spacial score (nSPS) is 14.0. The zero-order valence-electron chi connectivity index (χ0n) is 27.8. The summed E-state index contributed by atoms with van der Waals surface area (Å²) in [6.07, 6.45) is -0.679. The van der Waals surface area contributed by atoms with Crippen LogP contribution >= 0.6 is 0 Å². The smallest absolute Gasteiger partial charge is 0.408 e. The fourth-order valence-corrected chi connectivity index (χ4v) is 5.32. The van der Waals surface area contributed by atoms with E-state index >= 15 is 0 Å². The van der Waals surface area contributed by atoms with Crippen molar-refractivity contribution in [2.75, 3.05) is 0 Å². The Morgan fingerprint density at radius 3 is 2.26 bits per heavy atom. The van der Waals surface area contributed by atoms with Gasteiger partial charge in [-0.05, 0) is 62.4 Å². The van der Waals surface area contributed by atoms with Gasteiger partial charge in [0.25, 0.3) is 5.91 Å². The molecule has 3 amide bonds. The molecular formula is C38H46N4O5. The SMILES string of the molecule is CCC(C)[C@H](NC(=O)OCc1ccc2ccccc2n1)C(=O)N[C@@H](Cc1ccccc1)[C@H](O)Cc1ccccc1C(=O)NC(C)(C)C. The number of ether oxygens (including phenoxy) is 1. The number of aliphatic hydroxyl groups is 1. The van der Waals surface area contributed by atoms with Gasteiger partial charge in [0.05, 0.1) is 23.4 Å². The van der Waals surface area contributed by atoms with Gasteiger partial charge in [-0.3, -0.25) is 9.59 Å². The molecule has 0 aliphatic rings. The quantitative estimate of drug-likeness (QED) is 0.148. The molecular weight excluding hydrogens is 592 g/mol. The maximum Gasteiger partial charge on any atom is 0.408 e. The Hall–Kier alpha value is -4.76. The number of amides is 3. The summed E-state index contributed by atoms with van der Waals surface area (Å²) in [5.41, 5.74) is 3.01. The number of nitrogens with zero attached hydrogens (tertiary/aromatic N) is 1. The Bertz CT molecular complexity index is 1650. The van der Waals surface area contributed by atoms with Crippen LogP contribution in [0.4, 0.5) is 4.79 Å². The number of rotatable bonds is 13. The second kappa shape index (κ2) is 16.2. The molecule has 0 saturated carbocycles. The average molecular weight is 639 g/mol. The topological polar surface area (TPSA) is 130 Å². The van der Waals surface area contributed by atoms with Crippen molar-refractivity contribution in [1.82, 2.24) is 20.9 Å². The van der Waals surface area contributed by atoms with Crippen molar-refractivity contribution in [1.29, 1.82) is 0 Å². The van der Waals surface area contributed by atoms with E-state index in [1.54, 1.807) is 18.2 Å². The minimum Gasteiger partial charge on any atom is -0.443 e. The van der Waals surface area contributed by atoms with Crippen LogP contribution in [0.2, 0.25) is 0 Å². The predicted octanol–water partition coefficient (Wildman–Crippen LogP) is 5.74. The van der Waals surface area contributed by atoms with Crippen molar-refractivity contribution >= 4 is 28.8 Å². The van der Waals surface area contributed by atoms with Gasteiger partial charge >= 0.3 is 6.09 Å². The number of aromatic nitrogens is 1. The van der Waals surface area contributed by atoms with Gasteiger partial charge < -0.3 is 25.8 Å². The molecule has 1 heterocycles. The van der Waals surface area contributed by atoms with Crippen LogP contribution in [-0.4, -0.2) is 51.7 Å². The standard InChI is InChI=1S/C38H46N4O5/c1-6-25(2)34(41-37(46)47-24-29-21-20-27-16-11-13-19-31(27)39-29)36(45)40-32(22-26-14-8-7-9-15-26)33(43)23-28-17-10-12-18-30(28)35(44)42-38(3,4)5/h7-21,25,32-34,43H,6,22-24H2,1-5H3,(H,40,45)(H,41,46)(H,42,44)/t25?,32-,33+,34-/m0/s1. The molecule has 0 aliphatic carbocycles. The number of hydrogen-bond acceptors (Lipinski definition) is 6. The van der Waals surface area contributed by atoms with Crippen LogP contribution in [-0.2, 0) is 29.0 Å². The number of hydrogen-bond donors (Lipinski definition) is 4. The first kappa shape index (κ1) is 35.1. The number of fused-ring (bicyclic) bond motifs is 1. The summed E-state index contributed by atoms with van der Waals surface area (Å²) in [6, 6.07) is 26.5. The van der Waals surface area contributed by atoms with E-state index in [1.165, 1.54) is 0 Å². The van der Waals surface area contributed by atoms with Gasteiger partial charge in [-0.25, -0.2) is 9.78 Å². The molecule has 1 aromatic heterocycles. The molecule has 4 rings (SSSR count). The molecule has 0 fully saturated rings. The number of para-hydroxylation sites is 1. The molecule has 0 bridgehead atoms. The van der Waals surface area contributed by atoms with E-state index in [0.717, 1.165) is 16.5 Å². The predicted molar refractivity (Wildman–Crippen MR) is 184 cm³/mol. The molecule has 248 valence electrons. The van der Waals surface area contributed by atoms with E-state index in [1.807, 2.05) is 107 Å². The van der Waals surface area contributed by atoms with E-state index in [2.05, 4.69) is 20.9 Å². The third kappa shape index (κ3) is 10.4. The van der Waals surface area contributed by atoms with Crippen molar-refractivity contribution in [3.63, 3.8) is 0 Å². The first-order chi connectivity index (χ1) is 22.4. The minimum absolute atomic E-state index is 0.0525. The van der Waals surface area contributed by atoms with Crippen LogP contribution in [0.3, 0.4) is 0 Å². The molecule has 0 aliphatic heterocycles. The maximum atomic E-state index is 13.8. The maximum absolute atomic E-state index is 13.8. The highest BCUT2D eigenvalue weighted by Gasteiger charge is 2.31. The second-order valence-electron chi connectivity index (χ2n) is 13.0. The largest absolute Gasteiger partial charge is 0.443 e. The van der Waals surface area contributed by atoms with E-state index in [9.17, 15) is 19.5 Å². The summed E-state index contributed by atoms with van der Waals surface area (Å²) >= 11 is 0. The Labute approximate surface area is 277 Å². The van der Waals surface area contributed by atoms with Crippen LogP contribution in [0.15, 0.2) is 91.0 Å². The molecule has 0 saturated heterocycles. The molecule has 4 N–H and O–H groups in total. The fourth-order valence-electron chi connectivity index (χ4n) is 5.32. The van der Waals surface area contributed by atoms with Gasteiger partial charge in [0.1, 0.15) is 12.6 Å². The number of pyridine rings is 1. The molecule has 0 spiro atoms. The highest BCUT2D eigenvalue weighted by molar-refractivity contribution is 5.96. The van der Waals surface area contributed by atoms with Gasteiger partial charge in [-0.15, -0.1) is 0 Å². The van der Waals surface area contributed by atoms with Gasteiger partial charge in [-0.1, -0.05) is 93.1 Å². The summed E-state index contributed by atoms with van der Waals surface area (Å²) in [5, 5.41) is 21.3. The Balaban J connectivity index is 1.49. The number of carbonyl (C=O) groups is 3. The van der Waals surface area contributed by atoms with Gasteiger partial charge in [0.2, 0.25) is 5.91 Å². The highest BCUT2D eigenvalue weighted by atomic mass is 16.5. The second-order valence-corrected chi connectivity index (χ2v) is 13.0. The molecule has 0 radical (unpaired) electrons. The lowest BCUT2D eigenvalue weighted by Crippen LogP contribution is -2.55. The lowest BCUT2D eigenvalue weighted by atomic mass is 9.92. The van der Waals surface area contributed by atoms with Gasteiger partial charge in [-0.2, -0.15) is 0 Å². The van der Waals surface area contributed by atoms with Crippen molar-refractivity contribution in [3.05, 3.63) is 113 Å². The number of benzene rings is 3. The summed E-state index contributed by atoms with van der Waals surface area (Å²) in [4.78, 5) is 44.4. The monoisotopic (exact) mass is 638 g/mol. The average Bonchev–Trinajstić information content (AvgIpc) is 3.05. The van der Waals surface area contributed by atoms with E-state index < -0.39 is 35.7 Å². The van der Waals surface area contributed by atoms with Crippen molar-refractivity contribution in [3.8, 4) is 0 Å². The fraction of sp³-hybridized carbons (Fsp3) is 0.368. The van der Waals surface area contributed by atoms with Crippen LogP contribution in [0.1, 0.15) is 68.2 Å². The van der Waals surface area contributed by atoms with Crippen LogP contribution in [0.5, 0.6) is 0 Å². The van der Waals surface area contributed by atoms with Crippen molar-refractivity contribution < 1.29 is 24.2 Å². The third-order valence-corrected chi connectivity index (χ3v) is 8.05. The number of nitrogens with one attached hydrogen (secondary N) is 3. The molecule has 4 atom stereocenters. The summed E-state index contributed by atoms with van der Waals surface area (Å²) in [7, 11) is 0. The first-order valence-electron chi connectivity index (χ1n) is 16.1. The zero-order chi connectivity index (χ0) is 34.0. The van der Waals surface area contributed by atoms with Crippen LogP contribution < -0.4 is 16.0 Å². The number of carbonyl (C=O) groups excluding carboxylic acids is 3. The first-order valence-corrected chi connectivity index (χ1v) is 16.1. The third-order valence-electron chi connectivity index (χ3n) is 8.05. The number of aliphatic hydroxyl groups excluding tert-OH is 1. The summed E-state index contributed by atoms with van der Waals surface area (Å²) < 4.78 is 5.47. The molecule has 9 nitrogen and oxygen atoms in total. The van der Waals surface area contributed by atoms with E-state index in [0.29, 0.717) is 29.7 Å². The Morgan fingerprint density at radius 1 is 0.851 bits per heavy atom. The summed E-state index contributed by atoms with van der Waals surface area (Å²) in [6.45, 7) is 9.49. The number of alkyl carbamates (subject to hydrolysis) is 1. The van der Waals surface area contributed by atoms with Crippen molar-refractivity contribution in [2.45, 2.75) is 84.2 Å². The van der Waals surface area contributed by atoms with Crippen molar-refractivity contribution in [2.24, 2.45) is 5.92 Å². The Morgan fingerprint density at radius 2 is 1.53 bits per heavy atom. The molecule has 4 aromatic rings. The summed E-state index contributed by atoms with van der Waals surface area (Å²) in [5.74, 6) is -0.890. The van der Waals surface area contributed by atoms with E-state index in [4.69, 9.17) is 4.74 Å². The molecule has 9 heteroatoms.